The monoisotopic (exact) mass is 393 g/mol. The van der Waals surface area contributed by atoms with E-state index < -0.39 is 0 Å². The molecule has 1 fully saturated rings. The predicted molar refractivity (Wildman–Crippen MR) is 117 cm³/mol. The van der Waals surface area contributed by atoms with Gasteiger partial charge in [-0.2, -0.15) is 0 Å². The molecule has 3 rings (SSSR count). The Balaban J connectivity index is 1.57. The van der Waals surface area contributed by atoms with Gasteiger partial charge in [-0.15, -0.1) is 0 Å². The first-order valence-corrected chi connectivity index (χ1v) is 10.5. The van der Waals surface area contributed by atoms with E-state index in [-0.39, 0.29) is 17.9 Å². The summed E-state index contributed by atoms with van der Waals surface area (Å²) in [5, 5.41) is 3.02. The lowest BCUT2D eigenvalue weighted by Gasteiger charge is -2.27. The molecule has 0 bridgehead atoms. The molecule has 0 saturated carbocycles. The highest BCUT2D eigenvalue weighted by molar-refractivity contribution is 5.95. The number of hydrogen-bond donors (Lipinski definition) is 1. The maximum atomic E-state index is 12.8. The Bertz CT molecular complexity index is 847. The normalized spacial score (nSPS) is 16.2. The van der Waals surface area contributed by atoms with Gasteiger partial charge in [0.05, 0.1) is 6.04 Å². The molecule has 1 saturated heterocycles. The van der Waals surface area contributed by atoms with E-state index >= 15 is 0 Å². The van der Waals surface area contributed by atoms with Gasteiger partial charge in [0.1, 0.15) is 0 Å². The Morgan fingerprint density at radius 1 is 1.03 bits per heavy atom. The molecule has 2 amide bonds. The average molecular weight is 394 g/mol. The maximum Gasteiger partial charge on any atom is 0.253 e. The van der Waals surface area contributed by atoms with Gasteiger partial charge in [0.2, 0.25) is 5.91 Å². The van der Waals surface area contributed by atoms with Crippen LogP contribution in [0.5, 0.6) is 0 Å². The minimum atomic E-state index is -0.241. The van der Waals surface area contributed by atoms with Crippen molar-refractivity contribution in [1.29, 1.82) is 0 Å². The van der Waals surface area contributed by atoms with E-state index in [2.05, 4.69) is 17.1 Å². The van der Waals surface area contributed by atoms with Crippen LogP contribution in [0.2, 0.25) is 0 Å². The third-order valence-corrected chi connectivity index (χ3v) is 5.64. The fraction of sp³-hybridized carbons (Fsp3) is 0.417. The molecule has 1 heterocycles. The lowest BCUT2D eigenvalue weighted by molar-refractivity contribution is -0.120. The van der Waals surface area contributed by atoms with Crippen molar-refractivity contribution in [2.75, 3.05) is 31.5 Å². The number of nitrogens with zero attached hydrogens (tertiary/aromatic N) is 2. The fourth-order valence-electron chi connectivity index (χ4n) is 3.72. The molecule has 1 atom stereocenters. The van der Waals surface area contributed by atoms with Gasteiger partial charge in [0, 0.05) is 37.4 Å². The van der Waals surface area contributed by atoms with E-state index in [1.54, 1.807) is 0 Å². The van der Waals surface area contributed by atoms with Crippen molar-refractivity contribution in [3.63, 3.8) is 0 Å². The van der Waals surface area contributed by atoms with Gasteiger partial charge in [-0.3, -0.25) is 14.5 Å². The second kappa shape index (κ2) is 9.70. The zero-order valence-corrected chi connectivity index (χ0v) is 17.6. The lowest BCUT2D eigenvalue weighted by Crippen LogP contribution is -2.44. The molecule has 154 valence electrons. The number of hydrogen-bond acceptors (Lipinski definition) is 3. The number of rotatable bonds is 5. The zero-order valence-electron chi connectivity index (χ0n) is 17.6. The van der Waals surface area contributed by atoms with Crippen LogP contribution in [0.3, 0.4) is 0 Å². The summed E-state index contributed by atoms with van der Waals surface area (Å²) in [4.78, 5) is 29.6. The van der Waals surface area contributed by atoms with Crippen molar-refractivity contribution >= 4 is 17.5 Å². The van der Waals surface area contributed by atoms with Gasteiger partial charge in [-0.1, -0.05) is 36.8 Å². The highest BCUT2D eigenvalue weighted by Gasteiger charge is 2.26. The molecule has 1 aliphatic heterocycles. The minimum absolute atomic E-state index is 0.00675. The highest BCUT2D eigenvalue weighted by Crippen LogP contribution is 2.15. The van der Waals surface area contributed by atoms with Crippen LogP contribution in [-0.2, 0) is 11.2 Å². The third-order valence-electron chi connectivity index (χ3n) is 5.64. The van der Waals surface area contributed by atoms with E-state index in [1.165, 1.54) is 5.56 Å². The molecule has 29 heavy (non-hydrogen) atoms. The zero-order chi connectivity index (χ0) is 20.8. The molecular formula is C24H31N3O2. The summed E-state index contributed by atoms with van der Waals surface area (Å²) in [7, 11) is 0. The summed E-state index contributed by atoms with van der Waals surface area (Å²) < 4.78 is 0. The van der Waals surface area contributed by atoms with Gasteiger partial charge in [-0.25, -0.2) is 0 Å². The van der Waals surface area contributed by atoms with E-state index in [0.717, 1.165) is 42.7 Å². The second-order valence-corrected chi connectivity index (χ2v) is 7.77. The van der Waals surface area contributed by atoms with Crippen molar-refractivity contribution in [3.05, 3.63) is 65.2 Å². The van der Waals surface area contributed by atoms with Crippen LogP contribution in [0.1, 0.15) is 41.8 Å². The lowest BCUT2D eigenvalue weighted by atomic mass is 10.1. The standard InChI is InChI=1S/C24H31N3O2/c1-4-20-9-11-22(12-10-20)25-23(28)19(3)26-13-6-14-27(16-15-26)24(29)21-8-5-7-18(2)17-21/h5,7-12,17,19H,4,6,13-16H2,1-3H3,(H,25,28). The van der Waals surface area contributed by atoms with Crippen molar-refractivity contribution in [2.24, 2.45) is 0 Å². The number of nitrogens with one attached hydrogen (secondary N) is 1. The molecule has 1 aliphatic rings. The first-order valence-electron chi connectivity index (χ1n) is 10.5. The maximum absolute atomic E-state index is 12.8. The first kappa shape index (κ1) is 21.1. The number of anilines is 1. The molecular weight excluding hydrogens is 362 g/mol. The Kier molecular flexibility index (Phi) is 7.04. The summed E-state index contributed by atoms with van der Waals surface area (Å²) >= 11 is 0. The highest BCUT2D eigenvalue weighted by atomic mass is 16.2. The van der Waals surface area contributed by atoms with Gasteiger partial charge in [0.25, 0.3) is 5.91 Å². The quantitative estimate of drug-likeness (QED) is 0.842. The van der Waals surface area contributed by atoms with E-state index in [4.69, 9.17) is 0 Å². The minimum Gasteiger partial charge on any atom is -0.337 e. The van der Waals surface area contributed by atoms with Crippen molar-refractivity contribution in [2.45, 2.75) is 39.7 Å². The first-order chi connectivity index (χ1) is 14.0. The molecule has 5 nitrogen and oxygen atoms in total. The van der Waals surface area contributed by atoms with Gasteiger partial charge < -0.3 is 10.2 Å². The van der Waals surface area contributed by atoms with Gasteiger partial charge in [-0.05, 0) is 56.5 Å². The summed E-state index contributed by atoms with van der Waals surface area (Å²) in [5.41, 5.74) is 3.90. The number of amides is 2. The second-order valence-electron chi connectivity index (χ2n) is 7.77. The molecule has 0 spiro atoms. The Morgan fingerprint density at radius 3 is 2.48 bits per heavy atom. The predicted octanol–water partition coefficient (Wildman–Crippen LogP) is 3.73. The topological polar surface area (TPSA) is 52.7 Å². The van der Waals surface area contributed by atoms with Crippen LogP contribution < -0.4 is 5.32 Å². The molecule has 2 aromatic rings. The van der Waals surface area contributed by atoms with Crippen molar-refractivity contribution in [3.8, 4) is 0 Å². The number of carbonyl (C=O) groups excluding carboxylic acids is 2. The summed E-state index contributed by atoms with van der Waals surface area (Å²) in [6, 6.07) is 15.5. The third kappa shape index (κ3) is 5.45. The van der Waals surface area contributed by atoms with E-state index in [9.17, 15) is 9.59 Å². The summed E-state index contributed by atoms with van der Waals surface area (Å²) in [6.45, 7) is 8.90. The number of benzene rings is 2. The number of aryl methyl sites for hydroxylation is 2. The van der Waals surface area contributed by atoms with Crippen molar-refractivity contribution < 1.29 is 9.59 Å². The molecule has 1 unspecified atom stereocenters. The Labute approximate surface area is 173 Å². The Hall–Kier alpha value is -2.66. The average Bonchev–Trinajstić information content (AvgIpc) is 2.99. The molecule has 0 aliphatic carbocycles. The Morgan fingerprint density at radius 2 is 1.79 bits per heavy atom. The van der Waals surface area contributed by atoms with Crippen LogP contribution >= 0.6 is 0 Å². The van der Waals surface area contributed by atoms with Crippen LogP contribution in [0.25, 0.3) is 0 Å². The fourth-order valence-corrected chi connectivity index (χ4v) is 3.72. The number of carbonyl (C=O) groups is 2. The largest absolute Gasteiger partial charge is 0.337 e. The van der Waals surface area contributed by atoms with Crippen molar-refractivity contribution in [1.82, 2.24) is 9.80 Å². The van der Waals surface area contributed by atoms with Gasteiger partial charge >= 0.3 is 0 Å². The molecule has 0 radical (unpaired) electrons. The van der Waals surface area contributed by atoms with E-state index in [0.29, 0.717) is 13.1 Å². The smallest absolute Gasteiger partial charge is 0.253 e. The summed E-state index contributed by atoms with van der Waals surface area (Å²) in [5.74, 6) is 0.0661. The van der Waals surface area contributed by atoms with Gasteiger partial charge in [0.15, 0.2) is 0 Å². The van der Waals surface area contributed by atoms with E-state index in [1.807, 2.05) is 67.3 Å². The molecule has 2 aromatic carbocycles. The van der Waals surface area contributed by atoms with Crippen LogP contribution in [-0.4, -0.2) is 53.8 Å². The molecule has 5 heteroatoms. The van der Waals surface area contributed by atoms with Crippen LogP contribution in [0, 0.1) is 6.92 Å². The molecule has 0 aromatic heterocycles. The SMILES string of the molecule is CCc1ccc(NC(=O)C(C)N2CCCN(C(=O)c3cccc(C)c3)CC2)cc1. The van der Waals surface area contributed by atoms with Crippen LogP contribution in [0.4, 0.5) is 5.69 Å². The molecule has 1 N–H and O–H groups in total. The van der Waals surface area contributed by atoms with Crippen LogP contribution in [0.15, 0.2) is 48.5 Å². The summed E-state index contributed by atoms with van der Waals surface area (Å²) in [6.07, 6.45) is 1.84.